The Balaban J connectivity index is 1.33. The predicted octanol–water partition coefficient (Wildman–Crippen LogP) is 3.79. The summed E-state index contributed by atoms with van der Waals surface area (Å²) in [6, 6.07) is 20.2. The van der Waals surface area contributed by atoms with Crippen LogP contribution >= 0.6 is 0 Å². The lowest BCUT2D eigenvalue weighted by atomic mass is 9.76. The fourth-order valence-corrected chi connectivity index (χ4v) is 5.46. The van der Waals surface area contributed by atoms with E-state index in [9.17, 15) is 4.79 Å². The summed E-state index contributed by atoms with van der Waals surface area (Å²) in [6.45, 7) is 2.50. The van der Waals surface area contributed by atoms with Gasteiger partial charge in [-0.25, -0.2) is 4.98 Å². The standard InChI is InChI=1S/C25H24N4O2/c30-24-10-4-8-20-18-13-19(21(29(20)24)12-17-6-2-1-3-7-17)15-28(14-18)16-23-27-25-22(31-23)9-5-11-26-25/h1-11,18-19,21H,12-16H2/t18-,19+,21+/m1/s1. The van der Waals surface area contributed by atoms with Crippen LogP contribution in [0.3, 0.4) is 0 Å². The Morgan fingerprint density at radius 1 is 1.00 bits per heavy atom. The minimum atomic E-state index is 0.117. The second-order valence-electron chi connectivity index (χ2n) is 8.74. The van der Waals surface area contributed by atoms with Gasteiger partial charge in [0.2, 0.25) is 5.89 Å². The summed E-state index contributed by atoms with van der Waals surface area (Å²) in [5.74, 6) is 1.47. The van der Waals surface area contributed by atoms with Gasteiger partial charge in [-0.3, -0.25) is 9.69 Å². The lowest BCUT2D eigenvalue weighted by Crippen LogP contribution is -2.49. The Hall–Kier alpha value is -3.25. The zero-order valence-electron chi connectivity index (χ0n) is 17.2. The van der Waals surface area contributed by atoms with Crippen molar-refractivity contribution in [3.63, 3.8) is 0 Å². The largest absolute Gasteiger partial charge is 0.438 e. The van der Waals surface area contributed by atoms with E-state index in [0.29, 0.717) is 29.9 Å². The Morgan fingerprint density at radius 3 is 2.77 bits per heavy atom. The Labute approximate surface area is 180 Å². The highest BCUT2D eigenvalue weighted by Crippen LogP contribution is 2.42. The van der Waals surface area contributed by atoms with Gasteiger partial charge in [0.15, 0.2) is 11.2 Å². The molecular formula is C25H24N4O2. The maximum atomic E-state index is 12.9. The van der Waals surface area contributed by atoms with E-state index in [1.54, 1.807) is 12.3 Å². The smallest absolute Gasteiger partial charge is 0.251 e. The summed E-state index contributed by atoms with van der Waals surface area (Å²) < 4.78 is 8.01. The van der Waals surface area contributed by atoms with Crippen molar-refractivity contribution in [3.8, 4) is 0 Å². The Kier molecular flexibility index (Phi) is 4.46. The second kappa shape index (κ2) is 7.46. The first kappa shape index (κ1) is 18.5. The van der Waals surface area contributed by atoms with Crippen molar-refractivity contribution in [2.24, 2.45) is 5.92 Å². The molecule has 0 saturated carbocycles. The van der Waals surface area contributed by atoms with Crippen molar-refractivity contribution < 1.29 is 4.42 Å². The van der Waals surface area contributed by atoms with Gasteiger partial charge in [-0.05, 0) is 42.5 Å². The van der Waals surface area contributed by atoms with E-state index in [1.807, 2.05) is 24.3 Å². The van der Waals surface area contributed by atoms with Crippen molar-refractivity contribution in [2.45, 2.75) is 31.3 Å². The molecule has 0 radical (unpaired) electrons. The SMILES string of the molecule is O=c1cccc2n1[C@@H](Cc1ccccc1)[C@H]1C[C@@H]2CN(Cc2nc3ncccc3o2)C1. The van der Waals surface area contributed by atoms with Crippen molar-refractivity contribution in [1.29, 1.82) is 0 Å². The monoisotopic (exact) mass is 412 g/mol. The van der Waals surface area contributed by atoms with Crippen molar-refractivity contribution >= 4 is 11.2 Å². The van der Waals surface area contributed by atoms with Gasteiger partial charge in [-0.1, -0.05) is 36.4 Å². The van der Waals surface area contributed by atoms with Crippen LogP contribution in [0.15, 0.2) is 76.1 Å². The number of benzene rings is 1. The molecule has 2 aliphatic rings. The highest BCUT2D eigenvalue weighted by atomic mass is 16.3. The third kappa shape index (κ3) is 3.37. The van der Waals surface area contributed by atoms with Crippen molar-refractivity contribution in [3.05, 3.63) is 94.4 Å². The molecule has 0 unspecified atom stereocenters. The molecule has 31 heavy (non-hydrogen) atoms. The first-order valence-corrected chi connectivity index (χ1v) is 10.9. The van der Waals surface area contributed by atoms with Crippen LogP contribution in [0, 0.1) is 5.92 Å². The number of fused-ring (bicyclic) bond motifs is 5. The molecule has 3 aromatic heterocycles. The third-order valence-corrected chi connectivity index (χ3v) is 6.73. The molecule has 3 atom stereocenters. The molecule has 0 aliphatic carbocycles. The summed E-state index contributed by atoms with van der Waals surface area (Å²) in [7, 11) is 0. The average Bonchev–Trinajstić information content (AvgIpc) is 3.20. The van der Waals surface area contributed by atoms with Gasteiger partial charge in [-0.15, -0.1) is 0 Å². The van der Waals surface area contributed by atoms with E-state index < -0.39 is 0 Å². The summed E-state index contributed by atoms with van der Waals surface area (Å²) >= 11 is 0. The van der Waals surface area contributed by atoms with E-state index in [-0.39, 0.29) is 11.6 Å². The Morgan fingerprint density at radius 2 is 1.90 bits per heavy atom. The molecule has 1 fully saturated rings. The summed E-state index contributed by atoms with van der Waals surface area (Å²) in [5, 5.41) is 0. The number of piperidine rings is 1. The molecule has 2 aliphatic heterocycles. The number of oxazole rings is 1. The molecule has 6 heteroatoms. The number of nitrogens with zero attached hydrogens (tertiary/aromatic N) is 4. The van der Waals surface area contributed by atoms with E-state index >= 15 is 0 Å². The minimum Gasteiger partial charge on any atom is -0.438 e. The van der Waals surface area contributed by atoms with Crippen LogP contribution < -0.4 is 5.56 Å². The molecular weight excluding hydrogens is 388 g/mol. The molecule has 156 valence electrons. The first-order chi connectivity index (χ1) is 15.2. The van der Waals surface area contributed by atoms with Gasteiger partial charge in [0.25, 0.3) is 5.56 Å². The zero-order chi connectivity index (χ0) is 20.8. The second-order valence-corrected chi connectivity index (χ2v) is 8.74. The number of rotatable bonds is 4. The van der Waals surface area contributed by atoms with Crippen LogP contribution in [0.1, 0.15) is 35.5 Å². The molecule has 0 amide bonds. The predicted molar refractivity (Wildman–Crippen MR) is 118 cm³/mol. The van der Waals surface area contributed by atoms with Gasteiger partial charge in [0.1, 0.15) is 0 Å². The van der Waals surface area contributed by atoms with Gasteiger partial charge in [0.05, 0.1) is 6.54 Å². The van der Waals surface area contributed by atoms with Crippen LogP contribution in [0.2, 0.25) is 0 Å². The lowest BCUT2D eigenvalue weighted by Gasteiger charge is -2.47. The van der Waals surface area contributed by atoms with Crippen LogP contribution in [0.5, 0.6) is 0 Å². The first-order valence-electron chi connectivity index (χ1n) is 10.9. The van der Waals surface area contributed by atoms with E-state index in [2.05, 4.69) is 49.8 Å². The lowest BCUT2D eigenvalue weighted by molar-refractivity contribution is 0.0796. The number of likely N-dealkylation sites (tertiary alicyclic amines) is 1. The van der Waals surface area contributed by atoms with Crippen molar-refractivity contribution in [1.82, 2.24) is 19.4 Å². The fourth-order valence-electron chi connectivity index (χ4n) is 5.46. The topological polar surface area (TPSA) is 64.2 Å². The maximum Gasteiger partial charge on any atom is 0.251 e. The van der Waals surface area contributed by atoms with E-state index in [4.69, 9.17) is 4.42 Å². The molecule has 4 aromatic rings. The van der Waals surface area contributed by atoms with Crippen LogP contribution in [0.25, 0.3) is 11.2 Å². The molecule has 0 N–H and O–H groups in total. The molecule has 1 aromatic carbocycles. The highest BCUT2D eigenvalue weighted by molar-refractivity contribution is 5.66. The normalized spacial score (nSPS) is 23.0. The van der Waals surface area contributed by atoms with E-state index in [0.717, 1.165) is 37.2 Å². The van der Waals surface area contributed by atoms with Crippen molar-refractivity contribution in [2.75, 3.05) is 13.1 Å². The third-order valence-electron chi connectivity index (χ3n) is 6.73. The number of hydrogen-bond donors (Lipinski definition) is 0. The van der Waals surface area contributed by atoms with Crippen LogP contribution in [0.4, 0.5) is 0 Å². The summed E-state index contributed by atoms with van der Waals surface area (Å²) in [4.78, 5) is 24.2. The summed E-state index contributed by atoms with van der Waals surface area (Å²) in [6.07, 6.45) is 3.73. The molecule has 5 heterocycles. The average molecular weight is 412 g/mol. The molecule has 6 rings (SSSR count). The zero-order valence-corrected chi connectivity index (χ0v) is 17.2. The number of aromatic nitrogens is 3. The number of pyridine rings is 2. The quantitative estimate of drug-likeness (QED) is 0.510. The van der Waals surface area contributed by atoms with Gasteiger partial charge < -0.3 is 8.98 Å². The molecule has 2 bridgehead atoms. The minimum absolute atomic E-state index is 0.117. The fraction of sp³-hybridized carbons (Fsp3) is 0.320. The van der Waals surface area contributed by atoms with Gasteiger partial charge in [-0.2, -0.15) is 4.98 Å². The highest BCUT2D eigenvalue weighted by Gasteiger charge is 2.40. The van der Waals surface area contributed by atoms with E-state index in [1.165, 1.54) is 5.56 Å². The van der Waals surface area contributed by atoms with Gasteiger partial charge in [0, 0.05) is 43.0 Å². The van der Waals surface area contributed by atoms with Crippen LogP contribution in [-0.2, 0) is 13.0 Å². The molecule has 6 nitrogen and oxygen atoms in total. The van der Waals surface area contributed by atoms with Crippen LogP contribution in [-0.4, -0.2) is 32.5 Å². The summed E-state index contributed by atoms with van der Waals surface area (Å²) in [5.41, 5.74) is 3.94. The van der Waals surface area contributed by atoms with Gasteiger partial charge >= 0.3 is 0 Å². The molecule has 1 saturated heterocycles. The number of hydrogen-bond acceptors (Lipinski definition) is 5. The Bertz CT molecular complexity index is 1250. The maximum absolute atomic E-state index is 12.9. The molecule has 0 spiro atoms.